The van der Waals surface area contributed by atoms with Gasteiger partial charge in [0.15, 0.2) is 0 Å². The first-order valence-electron chi connectivity index (χ1n) is 6.65. The molecule has 0 saturated heterocycles. The van der Waals surface area contributed by atoms with Crippen molar-refractivity contribution in [2.24, 2.45) is 5.92 Å². The molecular weight excluding hydrogens is 266 g/mol. The summed E-state index contributed by atoms with van der Waals surface area (Å²) in [4.78, 5) is 22.9. The molecule has 0 heterocycles. The standard InChI is InChI=1S/C13H25N3O2.ClH/c1-13(2,3)16-11(17)6-7-15-12(18)9-14-8-10-4-5-10;/h10,14H,4-9H2,1-3H3,(H,15,18)(H,16,17);1H. The summed E-state index contributed by atoms with van der Waals surface area (Å²) in [5.74, 6) is 0.698. The van der Waals surface area contributed by atoms with Crippen LogP contribution in [0.4, 0.5) is 0 Å². The maximum absolute atomic E-state index is 11.5. The maximum Gasteiger partial charge on any atom is 0.233 e. The zero-order valence-corrected chi connectivity index (χ0v) is 12.9. The Hall–Kier alpha value is -0.810. The molecule has 2 amide bonds. The van der Waals surface area contributed by atoms with E-state index >= 15 is 0 Å². The van der Waals surface area contributed by atoms with Gasteiger partial charge >= 0.3 is 0 Å². The van der Waals surface area contributed by atoms with Crippen molar-refractivity contribution >= 4 is 24.2 Å². The lowest BCUT2D eigenvalue weighted by Crippen LogP contribution is -2.42. The molecule has 0 aromatic carbocycles. The number of nitrogens with one attached hydrogen (secondary N) is 3. The summed E-state index contributed by atoms with van der Waals surface area (Å²) >= 11 is 0. The number of hydrogen-bond donors (Lipinski definition) is 3. The van der Waals surface area contributed by atoms with Crippen LogP contribution in [0.1, 0.15) is 40.0 Å². The van der Waals surface area contributed by atoms with Gasteiger partial charge < -0.3 is 16.0 Å². The Labute approximate surface area is 121 Å². The van der Waals surface area contributed by atoms with Crippen LogP contribution in [0.3, 0.4) is 0 Å². The summed E-state index contributed by atoms with van der Waals surface area (Å²) in [7, 11) is 0. The molecule has 5 nitrogen and oxygen atoms in total. The van der Waals surface area contributed by atoms with Crippen LogP contribution >= 0.6 is 12.4 Å². The lowest BCUT2D eigenvalue weighted by atomic mass is 10.1. The van der Waals surface area contributed by atoms with Gasteiger partial charge in [0.25, 0.3) is 0 Å². The minimum atomic E-state index is -0.215. The van der Waals surface area contributed by atoms with Crippen molar-refractivity contribution in [3.05, 3.63) is 0 Å². The van der Waals surface area contributed by atoms with E-state index < -0.39 is 0 Å². The molecule has 0 spiro atoms. The molecule has 0 aromatic rings. The summed E-state index contributed by atoms with van der Waals surface area (Å²) in [6, 6.07) is 0. The van der Waals surface area contributed by atoms with Gasteiger partial charge in [-0.15, -0.1) is 12.4 Å². The third kappa shape index (κ3) is 10.8. The van der Waals surface area contributed by atoms with Gasteiger partial charge in [-0.3, -0.25) is 9.59 Å². The van der Waals surface area contributed by atoms with Crippen LogP contribution in [0.2, 0.25) is 0 Å². The summed E-state index contributed by atoms with van der Waals surface area (Å²) in [6.45, 7) is 7.48. The first-order chi connectivity index (χ1) is 8.37. The SMILES string of the molecule is CC(C)(C)NC(=O)CCNC(=O)CNCC1CC1.Cl. The normalized spacial score (nSPS) is 14.5. The van der Waals surface area contributed by atoms with Gasteiger partial charge in [0.2, 0.25) is 11.8 Å². The van der Waals surface area contributed by atoms with Crippen molar-refractivity contribution in [2.45, 2.75) is 45.6 Å². The fourth-order valence-corrected chi connectivity index (χ4v) is 1.57. The van der Waals surface area contributed by atoms with Crippen LogP contribution in [-0.4, -0.2) is 37.0 Å². The number of amides is 2. The highest BCUT2D eigenvalue weighted by Crippen LogP contribution is 2.27. The molecule has 0 aromatic heterocycles. The molecule has 112 valence electrons. The van der Waals surface area contributed by atoms with Crippen LogP contribution < -0.4 is 16.0 Å². The zero-order chi connectivity index (χ0) is 13.6. The largest absolute Gasteiger partial charge is 0.354 e. The first-order valence-corrected chi connectivity index (χ1v) is 6.65. The Morgan fingerprint density at radius 3 is 2.32 bits per heavy atom. The molecule has 0 aliphatic heterocycles. The molecule has 3 N–H and O–H groups in total. The number of carbonyl (C=O) groups excluding carboxylic acids is 2. The van der Waals surface area contributed by atoms with E-state index in [1.807, 2.05) is 20.8 Å². The summed E-state index contributed by atoms with van der Waals surface area (Å²) in [5, 5.41) is 8.70. The van der Waals surface area contributed by atoms with Gasteiger partial charge in [-0.25, -0.2) is 0 Å². The highest BCUT2D eigenvalue weighted by atomic mass is 35.5. The quantitative estimate of drug-likeness (QED) is 0.651. The molecule has 0 atom stereocenters. The highest BCUT2D eigenvalue weighted by Gasteiger charge is 2.20. The fraction of sp³-hybridized carbons (Fsp3) is 0.846. The molecule has 0 unspecified atom stereocenters. The molecule has 1 saturated carbocycles. The summed E-state index contributed by atoms with van der Waals surface area (Å²) in [6.07, 6.45) is 2.88. The summed E-state index contributed by atoms with van der Waals surface area (Å²) in [5.41, 5.74) is -0.215. The van der Waals surface area contributed by atoms with E-state index in [-0.39, 0.29) is 29.8 Å². The Bertz CT molecular complexity index is 299. The minimum absolute atomic E-state index is 0. The van der Waals surface area contributed by atoms with Crippen LogP contribution in [0, 0.1) is 5.92 Å². The lowest BCUT2D eigenvalue weighted by Gasteiger charge is -2.20. The van der Waals surface area contributed by atoms with Gasteiger partial charge in [0.05, 0.1) is 6.54 Å². The average molecular weight is 292 g/mol. The first kappa shape index (κ1) is 18.2. The molecule has 1 aliphatic carbocycles. The second-order valence-corrected chi connectivity index (χ2v) is 5.97. The van der Waals surface area contributed by atoms with Crippen molar-refractivity contribution < 1.29 is 9.59 Å². The second kappa shape index (κ2) is 8.38. The molecule has 0 bridgehead atoms. The van der Waals surface area contributed by atoms with Gasteiger partial charge in [-0.1, -0.05) is 0 Å². The van der Waals surface area contributed by atoms with Crippen molar-refractivity contribution in [1.82, 2.24) is 16.0 Å². The monoisotopic (exact) mass is 291 g/mol. The van der Waals surface area contributed by atoms with E-state index in [0.717, 1.165) is 12.5 Å². The topological polar surface area (TPSA) is 70.2 Å². The number of halogens is 1. The van der Waals surface area contributed by atoms with Gasteiger partial charge in [0.1, 0.15) is 0 Å². The van der Waals surface area contributed by atoms with Crippen molar-refractivity contribution in [3.63, 3.8) is 0 Å². The van der Waals surface area contributed by atoms with Crippen molar-refractivity contribution in [3.8, 4) is 0 Å². The van der Waals surface area contributed by atoms with Crippen LogP contribution in [-0.2, 0) is 9.59 Å². The van der Waals surface area contributed by atoms with E-state index in [4.69, 9.17) is 0 Å². The maximum atomic E-state index is 11.5. The average Bonchev–Trinajstić information content (AvgIpc) is 2.98. The van der Waals surface area contributed by atoms with Gasteiger partial charge in [-0.2, -0.15) is 0 Å². The zero-order valence-electron chi connectivity index (χ0n) is 12.0. The summed E-state index contributed by atoms with van der Waals surface area (Å²) < 4.78 is 0. The Morgan fingerprint density at radius 1 is 1.16 bits per heavy atom. The molecule has 1 rings (SSSR count). The number of carbonyl (C=O) groups is 2. The number of rotatable bonds is 7. The van der Waals surface area contributed by atoms with Crippen LogP contribution in [0.25, 0.3) is 0 Å². The number of hydrogen-bond acceptors (Lipinski definition) is 3. The van der Waals surface area contributed by atoms with E-state index in [0.29, 0.717) is 19.5 Å². The van der Waals surface area contributed by atoms with E-state index in [9.17, 15) is 9.59 Å². The fourth-order valence-electron chi connectivity index (χ4n) is 1.57. The Morgan fingerprint density at radius 2 is 1.79 bits per heavy atom. The highest BCUT2D eigenvalue weighted by molar-refractivity contribution is 5.85. The van der Waals surface area contributed by atoms with E-state index in [2.05, 4.69) is 16.0 Å². The Balaban J connectivity index is 0.00000324. The predicted molar refractivity (Wildman–Crippen MR) is 78.4 cm³/mol. The third-order valence-electron chi connectivity index (χ3n) is 2.60. The third-order valence-corrected chi connectivity index (χ3v) is 2.60. The van der Waals surface area contributed by atoms with Crippen LogP contribution in [0.15, 0.2) is 0 Å². The molecular formula is C13H26ClN3O2. The van der Waals surface area contributed by atoms with Crippen molar-refractivity contribution in [2.75, 3.05) is 19.6 Å². The van der Waals surface area contributed by atoms with Crippen LogP contribution in [0.5, 0.6) is 0 Å². The molecule has 1 fully saturated rings. The molecule has 19 heavy (non-hydrogen) atoms. The lowest BCUT2D eigenvalue weighted by molar-refractivity contribution is -0.122. The van der Waals surface area contributed by atoms with E-state index in [1.165, 1.54) is 12.8 Å². The smallest absolute Gasteiger partial charge is 0.233 e. The minimum Gasteiger partial charge on any atom is -0.354 e. The second-order valence-electron chi connectivity index (χ2n) is 5.97. The van der Waals surface area contributed by atoms with Gasteiger partial charge in [0, 0.05) is 18.5 Å². The van der Waals surface area contributed by atoms with Crippen molar-refractivity contribution in [1.29, 1.82) is 0 Å². The molecule has 0 radical (unpaired) electrons. The van der Waals surface area contributed by atoms with Gasteiger partial charge in [-0.05, 0) is 46.1 Å². The predicted octanol–water partition coefficient (Wildman–Crippen LogP) is 0.829. The van der Waals surface area contributed by atoms with E-state index in [1.54, 1.807) is 0 Å². The Kier molecular flexibility index (Phi) is 8.02. The molecule has 1 aliphatic rings. The molecule has 6 heteroatoms.